The Morgan fingerprint density at radius 1 is 0.939 bits per heavy atom. The SMILES string of the molecule is O=C(Nc1ccc(C(=O)O)cc1)/C(=C\c1ccc2c(c1)OCO2)NC(=O)c1ccccc1Br. The first-order valence-electron chi connectivity index (χ1n) is 9.72. The molecule has 0 aromatic heterocycles. The number of benzene rings is 3. The number of nitrogens with one attached hydrogen (secondary N) is 2. The minimum atomic E-state index is -1.07. The lowest BCUT2D eigenvalue weighted by atomic mass is 10.1. The Kier molecular flexibility index (Phi) is 6.41. The third-order valence-corrected chi connectivity index (χ3v) is 5.40. The third kappa shape index (κ3) is 5.21. The van der Waals surface area contributed by atoms with Gasteiger partial charge in [-0.25, -0.2) is 4.79 Å². The Morgan fingerprint density at radius 3 is 2.39 bits per heavy atom. The van der Waals surface area contributed by atoms with Crippen molar-refractivity contribution in [3.63, 3.8) is 0 Å². The maximum absolute atomic E-state index is 13.0. The second-order valence-electron chi connectivity index (χ2n) is 6.94. The Balaban J connectivity index is 1.62. The van der Waals surface area contributed by atoms with Crippen LogP contribution in [0.25, 0.3) is 6.08 Å². The van der Waals surface area contributed by atoms with E-state index in [0.29, 0.717) is 32.8 Å². The average Bonchev–Trinajstić information content (AvgIpc) is 3.27. The van der Waals surface area contributed by atoms with E-state index >= 15 is 0 Å². The number of ether oxygens (including phenoxy) is 2. The highest BCUT2D eigenvalue weighted by Crippen LogP contribution is 2.33. The van der Waals surface area contributed by atoms with Gasteiger partial charge in [-0.3, -0.25) is 9.59 Å². The number of amides is 2. The summed E-state index contributed by atoms with van der Waals surface area (Å²) in [5.74, 6) is -1.02. The van der Waals surface area contributed by atoms with Gasteiger partial charge in [0, 0.05) is 10.2 Å². The van der Waals surface area contributed by atoms with Gasteiger partial charge in [0.25, 0.3) is 11.8 Å². The summed E-state index contributed by atoms with van der Waals surface area (Å²) < 4.78 is 11.3. The molecule has 4 rings (SSSR count). The summed E-state index contributed by atoms with van der Waals surface area (Å²) in [6.45, 7) is 0.112. The lowest BCUT2D eigenvalue weighted by molar-refractivity contribution is -0.113. The van der Waals surface area contributed by atoms with Crippen molar-refractivity contribution in [2.45, 2.75) is 0 Å². The molecule has 0 fully saturated rings. The number of anilines is 1. The molecule has 166 valence electrons. The lowest BCUT2D eigenvalue weighted by Crippen LogP contribution is -2.31. The quantitative estimate of drug-likeness (QED) is 0.428. The van der Waals surface area contributed by atoms with Crippen LogP contribution < -0.4 is 20.1 Å². The van der Waals surface area contributed by atoms with Crippen molar-refractivity contribution >= 4 is 45.5 Å². The summed E-state index contributed by atoms with van der Waals surface area (Å²) in [7, 11) is 0. The maximum atomic E-state index is 13.0. The highest BCUT2D eigenvalue weighted by atomic mass is 79.9. The molecule has 3 N–H and O–H groups in total. The van der Waals surface area contributed by atoms with Crippen LogP contribution in [0, 0.1) is 0 Å². The molecule has 0 saturated carbocycles. The third-order valence-electron chi connectivity index (χ3n) is 4.71. The smallest absolute Gasteiger partial charge is 0.335 e. The predicted octanol–water partition coefficient (Wildman–Crippen LogP) is 4.29. The largest absolute Gasteiger partial charge is 0.478 e. The number of aromatic carboxylic acids is 1. The summed E-state index contributed by atoms with van der Waals surface area (Å²) in [6.07, 6.45) is 1.51. The molecule has 3 aromatic carbocycles. The van der Waals surface area contributed by atoms with E-state index < -0.39 is 17.8 Å². The van der Waals surface area contributed by atoms with E-state index in [1.807, 2.05) is 0 Å². The zero-order chi connectivity index (χ0) is 23.4. The highest BCUT2D eigenvalue weighted by molar-refractivity contribution is 9.10. The highest BCUT2D eigenvalue weighted by Gasteiger charge is 2.18. The van der Waals surface area contributed by atoms with Gasteiger partial charge in [-0.05, 0) is 76.1 Å². The Morgan fingerprint density at radius 2 is 1.67 bits per heavy atom. The number of carbonyl (C=O) groups is 3. The molecule has 0 aliphatic carbocycles. The lowest BCUT2D eigenvalue weighted by Gasteiger charge is -2.12. The zero-order valence-electron chi connectivity index (χ0n) is 17.0. The first-order chi connectivity index (χ1) is 15.9. The Bertz CT molecular complexity index is 1270. The van der Waals surface area contributed by atoms with E-state index in [2.05, 4.69) is 26.6 Å². The van der Waals surface area contributed by atoms with Gasteiger partial charge >= 0.3 is 5.97 Å². The molecule has 1 aliphatic rings. The van der Waals surface area contributed by atoms with E-state index in [0.717, 1.165) is 0 Å². The first-order valence-corrected chi connectivity index (χ1v) is 10.5. The number of hydrogen-bond acceptors (Lipinski definition) is 5. The number of rotatable bonds is 6. The molecule has 0 spiro atoms. The van der Waals surface area contributed by atoms with Gasteiger partial charge in [0.1, 0.15) is 5.70 Å². The maximum Gasteiger partial charge on any atom is 0.335 e. The van der Waals surface area contributed by atoms with Crippen molar-refractivity contribution in [2.24, 2.45) is 0 Å². The number of halogens is 1. The molecule has 8 nitrogen and oxygen atoms in total. The number of carbonyl (C=O) groups excluding carboxylic acids is 2. The molecule has 0 atom stereocenters. The zero-order valence-corrected chi connectivity index (χ0v) is 18.6. The van der Waals surface area contributed by atoms with Gasteiger partial charge in [-0.2, -0.15) is 0 Å². The van der Waals surface area contributed by atoms with Crippen LogP contribution in [0.4, 0.5) is 5.69 Å². The molecule has 0 radical (unpaired) electrons. The predicted molar refractivity (Wildman–Crippen MR) is 124 cm³/mol. The first kappa shape index (κ1) is 22.1. The molecule has 0 unspecified atom stereocenters. The second kappa shape index (κ2) is 9.58. The van der Waals surface area contributed by atoms with Gasteiger partial charge in [-0.1, -0.05) is 18.2 Å². The number of hydrogen-bond donors (Lipinski definition) is 3. The van der Waals surface area contributed by atoms with Crippen LogP contribution in [0.3, 0.4) is 0 Å². The number of carboxylic acid groups (broad SMARTS) is 1. The summed E-state index contributed by atoms with van der Waals surface area (Å²) in [5, 5.41) is 14.4. The summed E-state index contributed by atoms with van der Waals surface area (Å²) in [6, 6.07) is 17.7. The van der Waals surface area contributed by atoms with Gasteiger partial charge < -0.3 is 25.2 Å². The minimum Gasteiger partial charge on any atom is -0.478 e. The molecule has 3 aromatic rings. The fourth-order valence-corrected chi connectivity index (χ4v) is 3.52. The van der Waals surface area contributed by atoms with Gasteiger partial charge in [-0.15, -0.1) is 0 Å². The van der Waals surface area contributed by atoms with Crippen molar-refractivity contribution in [1.29, 1.82) is 0 Å². The topological polar surface area (TPSA) is 114 Å². The Labute approximate surface area is 197 Å². The van der Waals surface area contributed by atoms with E-state index in [-0.39, 0.29) is 18.1 Å². The average molecular weight is 509 g/mol. The molecule has 1 heterocycles. The second-order valence-corrected chi connectivity index (χ2v) is 7.80. The van der Waals surface area contributed by atoms with Crippen LogP contribution in [0.15, 0.2) is 76.9 Å². The van der Waals surface area contributed by atoms with Crippen LogP contribution in [-0.4, -0.2) is 29.7 Å². The van der Waals surface area contributed by atoms with Crippen LogP contribution in [0.2, 0.25) is 0 Å². The molecule has 33 heavy (non-hydrogen) atoms. The van der Waals surface area contributed by atoms with Crippen molar-refractivity contribution in [3.05, 3.63) is 93.6 Å². The summed E-state index contributed by atoms with van der Waals surface area (Å²) in [4.78, 5) is 36.9. The van der Waals surface area contributed by atoms with Crippen LogP contribution in [-0.2, 0) is 4.79 Å². The fraction of sp³-hybridized carbons (Fsp3) is 0.0417. The minimum absolute atomic E-state index is 0.0167. The molecular formula is C24H17BrN2O6. The van der Waals surface area contributed by atoms with E-state index in [1.54, 1.807) is 42.5 Å². The van der Waals surface area contributed by atoms with Gasteiger partial charge in [0.05, 0.1) is 11.1 Å². The molecule has 0 saturated heterocycles. The number of fused-ring (bicyclic) bond motifs is 1. The van der Waals surface area contributed by atoms with Crippen molar-refractivity contribution in [1.82, 2.24) is 5.32 Å². The monoisotopic (exact) mass is 508 g/mol. The Hall–Kier alpha value is -4.11. The summed E-state index contributed by atoms with van der Waals surface area (Å²) in [5.41, 5.74) is 1.41. The van der Waals surface area contributed by atoms with Crippen molar-refractivity contribution in [2.75, 3.05) is 12.1 Å². The van der Waals surface area contributed by atoms with Crippen LogP contribution >= 0.6 is 15.9 Å². The molecule has 2 amide bonds. The fourth-order valence-electron chi connectivity index (χ4n) is 3.06. The van der Waals surface area contributed by atoms with Gasteiger partial charge in [0.15, 0.2) is 11.5 Å². The molecule has 0 bridgehead atoms. The van der Waals surface area contributed by atoms with Crippen LogP contribution in [0.1, 0.15) is 26.3 Å². The standard InChI is InChI=1S/C24H17BrN2O6/c25-18-4-2-1-3-17(18)22(28)27-19(11-14-5-10-20-21(12-14)33-13-32-20)23(29)26-16-8-6-15(7-9-16)24(30)31/h1-12H,13H2,(H,26,29)(H,27,28)(H,30,31)/b19-11+. The molecule has 1 aliphatic heterocycles. The molecular weight excluding hydrogens is 492 g/mol. The van der Waals surface area contributed by atoms with E-state index in [4.69, 9.17) is 14.6 Å². The van der Waals surface area contributed by atoms with Crippen molar-refractivity contribution < 1.29 is 29.0 Å². The van der Waals surface area contributed by atoms with Gasteiger partial charge in [0.2, 0.25) is 6.79 Å². The van der Waals surface area contributed by atoms with E-state index in [1.165, 1.54) is 30.3 Å². The number of carboxylic acids is 1. The summed E-state index contributed by atoms with van der Waals surface area (Å²) >= 11 is 3.34. The van der Waals surface area contributed by atoms with Crippen LogP contribution in [0.5, 0.6) is 11.5 Å². The molecule has 9 heteroatoms. The van der Waals surface area contributed by atoms with E-state index in [9.17, 15) is 14.4 Å². The van der Waals surface area contributed by atoms with Crippen molar-refractivity contribution in [3.8, 4) is 11.5 Å². The normalized spacial score (nSPS) is 12.2.